The standard InChI is InChI=1S/2C27H36N2O6S/c2*1-5-6-7-26(16-17-27(31)28-18-21(2)30)36(32,33)29(19-22-8-12-24(34-3)13-9-22)20-23-10-14-25(35-4)15-11-23/h2*5,8-15,26H,1,6-7,16-20H2,2-4H3,(H,28,31)/t2*26-/m10/s1. The first-order chi connectivity index (χ1) is 34.4. The lowest BCUT2D eigenvalue weighted by Crippen LogP contribution is -2.39. The summed E-state index contributed by atoms with van der Waals surface area (Å²) in [5.74, 6) is 1.72. The molecule has 0 bridgehead atoms. The first-order valence-electron chi connectivity index (χ1n) is 23.6. The quantitative estimate of drug-likeness (QED) is 0.0452. The molecule has 392 valence electrons. The highest BCUT2D eigenvalue weighted by Gasteiger charge is 2.34. The molecular weight excluding hydrogens is 961 g/mol. The summed E-state index contributed by atoms with van der Waals surface area (Å²) in [5.41, 5.74) is 3.26. The number of methoxy groups -OCH3 is 4. The summed E-state index contributed by atoms with van der Waals surface area (Å²) in [7, 11) is -1.33. The van der Waals surface area contributed by atoms with E-state index < -0.39 is 30.5 Å². The van der Waals surface area contributed by atoms with Crippen LogP contribution in [-0.2, 0) is 65.4 Å². The van der Waals surface area contributed by atoms with Gasteiger partial charge in [0.1, 0.15) is 34.6 Å². The van der Waals surface area contributed by atoms with E-state index in [0.717, 1.165) is 22.3 Å². The Labute approximate surface area is 426 Å². The van der Waals surface area contributed by atoms with Crippen molar-refractivity contribution in [3.8, 4) is 23.0 Å². The summed E-state index contributed by atoms with van der Waals surface area (Å²) in [6.45, 7) is 10.7. The maximum Gasteiger partial charge on any atom is 0.220 e. The van der Waals surface area contributed by atoms with Crippen molar-refractivity contribution >= 4 is 43.4 Å². The van der Waals surface area contributed by atoms with Crippen molar-refractivity contribution < 1.29 is 55.0 Å². The van der Waals surface area contributed by atoms with Crippen LogP contribution in [0.5, 0.6) is 23.0 Å². The molecule has 0 heterocycles. The van der Waals surface area contributed by atoms with Crippen LogP contribution in [0, 0.1) is 0 Å². The zero-order valence-electron chi connectivity index (χ0n) is 42.5. The molecule has 2 atom stereocenters. The molecule has 18 heteroatoms. The van der Waals surface area contributed by atoms with Gasteiger partial charge in [0.05, 0.1) is 52.0 Å². The van der Waals surface area contributed by atoms with E-state index in [-0.39, 0.29) is 88.3 Å². The van der Waals surface area contributed by atoms with Crippen molar-refractivity contribution in [1.29, 1.82) is 0 Å². The normalized spacial score (nSPS) is 12.1. The molecule has 2 amide bonds. The number of hydrogen-bond donors (Lipinski definition) is 2. The molecule has 0 saturated carbocycles. The fourth-order valence-corrected chi connectivity index (χ4v) is 11.2. The van der Waals surface area contributed by atoms with E-state index in [1.165, 1.54) is 22.5 Å². The van der Waals surface area contributed by atoms with Gasteiger partial charge in [-0.1, -0.05) is 60.7 Å². The van der Waals surface area contributed by atoms with Crippen LogP contribution >= 0.6 is 0 Å². The molecule has 0 aliphatic heterocycles. The molecule has 0 aliphatic carbocycles. The molecule has 0 saturated heterocycles. The summed E-state index contributed by atoms with van der Waals surface area (Å²) < 4.78 is 79.5. The third kappa shape index (κ3) is 20.8. The highest BCUT2D eigenvalue weighted by atomic mass is 32.2. The van der Waals surface area contributed by atoms with Crippen LogP contribution in [0.25, 0.3) is 0 Å². The minimum atomic E-state index is -3.81. The summed E-state index contributed by atoms with van der Waals surface area (Å²) >= 11 is 0. The number of nitrogens with zero attached hydrogens (tertiary/aromatic N) is 2. The molecule has 4 rings (SSSR count). The Balaban J connectivity index is 0.000000380. The Morgan fingerprint density at radius 1 is 0.472 bits per heavy atom. The van der Waals surface area contributed by atoms with E-state index in [4.69, 9.17) is 18.9 Å². The third-order valence-electron chi connectivity index (χ3n) is 11.5. The van der Waals surface area contributed by atoms with Gasteiger partial charge in [-0.05, 0) is 123 Å². The Kier molecular flexibility index (Phi) is 26.0. The highest BCUT2D eigenvalue weighted by Crippen LogP contribution is 2.27. The molecule has 0 radical (unpaired) electrons. The minimum absolute atomic E-state index is 0.00717. The maximum absolute atomic E-state index is 13.9. The van der Waals surface area contributed by atoms with Gasteiger partial charge < -0.3 is 29.6 Å². The molecule has 0 aliphatic rings. The van der Waals surface area contributed by atoms with E-state index in [1.54, 1.807) is 89.1 Å². The van der Waals surface area contributed by atoms with Crippen LogP contribution in [-0.4, -0.2) is 101 Å². The number of amides is 2. The third-order valence-corrected chi connectivity index (χ3v) is 16.1. The molecule has 0 fully saturated rings. The Bertz CT molecular complexity index is 2280. The van der Waals surface area contributed by atoms with Crippen molar-refractivity contribution in [3.63, 3.8) is 0 Å². The number of allylic oxidation sites excluding steroid dienone is 2. The number of Topliss-reactive ketones (excluding diaryl/α,β-unsaturated/α-hetero) is 2. The van der Waals surface area contributed by atoms with Crippen LogP contribution in [0.3, 0.4) is 0 Å². The number of nitrogens with one attached hydrogen (secondary N) is 2. The number of ketones is 2. The topological polar surface area (TPSA) is 204 Å². The van der Waals surface area contributed by atoms with Crippen molar-refractivity contribution in [1.82, 2.24) is 19.2 Å². The van der Waals surface area contributed by atoms with E-state index in [9.17, 15) is 36.0 Å². The summed E-state index contributed by atoms with van der Waals surface area (Å²) in [4.78, 5) is 46.7. The summed E-state index contributed by atoms with van der Waals surface area (Å²) in [6.07, 6.45) is 5.33. The van der Waals surface area contributed by atoms with Gasteiger partial charge in [-0.2, -0.15) is 8.61 Å². The van der Waals surface area contributed by atoms with E-state index in [0.29, 0.717) is 48.7 Å². The predicted octanol–water partition coefficient (Wildman–Crippen LogP) is 7.71. The van der Waals surface area contributed by atoms with Crippen LogP contribution in [0.2, 0.25) is 0 Å². The van der Waals surface area contributed by atoms with Gasteiger partial charge in [0.15, 0.2) is 0 Å². The first-order valence-corrected chi connectivity index (χ1v) is 26.6. The second-order valence-electron chi connectivity index (χ2n) is 17.0. The molecule has 2 N–H and O–H groups in total. The summed E-state index contributed by atoms with van der Waals surface area (Å²) in [5, 5.41) is 3.50. The second kappa shape index (κ2) is 31.2. The fourth-order valence-electron chi connectivity index (χ4n) is 7.33. The lowest BCUT2D eigenvalue weighted by molar-refractivity contribution is -0.124. The van der Waals surface area contributed by atoms with Gasteiger partial charge in [-0.15, -0.1) is 13.2 Å². The summed E-state index contributed by atoms with van der Waals surface area (Å²) in [6, 6.07) is 29.0. The largest absolute Gasteiger partial charge is 0.497 e. The smallest absolute Gasteiger partial charge is 0.220 e. The van der Waals surface area contributed by atoms with Gasteiger partial charge in [0.25, 0.3) is 0 Å². The first kappa shape index (κ1) is 60.0. The zero-order chi connectivity index (χ0) is 53.1. The molecule has 0 aromatic heterocycles. The molecule has 72 heavy (non-hydrogen) atoms. The van der Waals surface area contributed by atoms with Gasteiger partial charge in [-0.3, -0.25) is 19.2 Å². The average Bonchev–Trinajstić information content (AvgIpc) is 3.37. The zero-order valence-corrected chi connectivity index (χ0v) is 44.1. The van der Waals surface area contributed by atoms with Crippen LogP contribution < -0.4 is 29.6 Å². The van der Waals surface area contributed by atoms with Crippen LogP contribution in [0.4, 0.5) is 0 Å². The number of ether oxygens (including phenoxy) is 4. The minimum Gasteiger partial charge on any atom is -0.497 e. The lowest BCUT2D eigenvalue weighted by Gasteiger charge is -2.28. The second-order valence-corrected chi connectivity index (χ2v) is 21.5. The van der Waals surface area contributed by atoms with E-state index in [1.807, 2.05) is 48.5 Å². The van der Waals surface area contributed by atoms with Crippen molar-refractivity contribution in [2.75, 3.05) is 41.5 Å². The predicted molar refractivity (Wildman–Crippen MR) is 281 cm³/mol. The maximum atomic E-state index is 13.9. The highest BCUT2D eigenvalue weighted by molar-refractivity contribution is 7.90. The molecule has 16 nitrogen and oxygen atoms in total. The van der Waals surface area contributed by atoms with E-state index in [2.05, 4.69) is 23.8 Å². The Hall–Kier alpha value is -6.34. The number of carbonyl (C=O) groups excluding carboxylic acids is 4. The van der Waals surface area contributed by atoms with Gasteiger partial charge in [-0.25, -0.2) is 16.8 Å². The van der Waals surface area contributed by atoms with E-state index >= 15 is 0 Å². The van der Waals surface area contributed by atoms with Crippen LogP contribution in [0.15, 0.2) is 122 Å². The lowest BCUT2D eigenvalue weighted by atomic mass is 10.1. The van der Waals surface area contributed by atoms with Gasteiger partial charge >= 0.3 is 0 Å². The molecule has 4 aromatic carbocycles. The SMILES string of the molecule is C=CCC[C@@H](CCC(=O)NCC(C)=O)S(=O)(=O)N(Cc1ccc(OC)cc1)Cc1ccc(OC)cc1.C=CCC[C@H](CCC(=O)NCC(C)=O)S(=O)(=O)N(Cc1ccc(OC)cc1)Cc1ccc(OC)cc1. The van der Waals surface area contributed by atoms with Gasteiger partial charge in [0.2, 0.25) is 31.9 Å². The number of sulfonamides is 2. The number of rotatable bonds is 32. The van der Waals surface area contributed by atoms with Crippen molar-refractivity contribution in [2.45, 2.75) is 102 Å². The van der Waals surface area contributed by atoms with Crippen molar-refractivity contribution in [3.05, 3.63) is 145 Å². The molecule has 0 spiro atoms. The molecule has 0 unspecified atom stereocenters. The fraction of sp³-hybridized carbons (Fsp3) is 0.407. The number of benzene rings is 4. The Morgan fingerprint density at radius 3 is 0.931 bits per heavy atom. The van der Waals surface area contributed by atoms with Crippen molar-refractivity contribution in [2.24, 2.45) is 0 Å². The monoisotopic (exact) mass is 1030 g/mol. The average molecular weight is 1030 g/mol. The van der Waals surface area contributed by atoms with Crippen LogP contribution in [0.1, 0.15) is 87.5 Å². The Morgan fingerprint density at radius 2 is 0.722 bits per heavy atom. The molecular formula is C54H72N4O12S2. The molecule has 4 aromatic rings. The van der Waals surface area contributed by atoms with Gasteiger partial charge in [0, 0.05) is 39.0 Å². The number of hydrogen-bond acceptors (Lipinski definition) is 12. The number of carbonyl (C=O) groups is 4.